The van der Waals surface area contributed by atoms with Gasteiger partial charge in [-0.1, -0.05) is 31.5 Å². The first-order chi connectivity index (χ1) is 9.27. The average molecular weight is 345 g/mol. The van der Waals surface area contributed by atoms with Crippen LogP contribution in [-0.2, 0) is 11.4 Å². The van der Waals surface area contributed by atoms with Gasteiger partial charge >= 0.3 is 29.6 Å². The molecule has 0 saturated heterocycles. The smallest absolute Gasteiger partial charge is 0.750 e. The Morgan fingerprint density at radius 1 is 1.57 bits per heavy atom. The van der Waals surface area contributed by atoms with Crippen LogP contribution in [0.15, 0.2) is 18.2 Å². The van der Waals surface area contributed by atoms with Crippen LogP contribution in [0.2, 0.25) is 5.02 Å². The van der Waals surface area contributed by atoms with Gasteiger partial charge in [0.2, 0.25) is 0 Å². The summed E-state index contributed by atoms with van der Waals surface area (Å²) in [5, 5.41) is 12.4. The third kappa shape index (κ3) is 11.2. The van der Waals surface area contributed by atoms with Crippen LogP contribution >= 0.6 is 11.6 Å². The van der Waals surface area contributed by atoms with Gasteiger partial charge in [-0.25, -0.2) is 8.60 Å². The van der Waals surface area contributed by atoms with Gasteiger partial charge < -0.3 is 9.11 Å². The molecular weight excluding hydrogens is 330 g/mol. The predicted octanol–water partition coefficient (Wildman–Crippen LogP) is -0.368. The molecule has 0 bridgehead atoms. The molecule has 0 heterocycles. The molecule has 1 rings (SSSR count). The summed E-state index contributed by atoms with van der Waals surface area (Å²) in [4.78, 5) is 0. The van der Waals surface area contributed by atoms with Gasteiger partial charge in [0.25, 0.3) is 0 Å². The quantitative estimate of drug-likeness (QED) is 0.574. The molecule has 0 saturated carbocycles. The summed E-state index contributed by atoms with van der Waals surface area (Å²) < 4.78 is 36.9. The van der Waals surface area contributed by atoms with Gasteiger partial charge in [-0.05, 0) is 24.6 Å². The molecule has 5 nitrogen and oxygen atoms in total. The Kier molecular flexibility index (Phi) is 13.8. The summed E-state index contributed by atoms with van der Waals surface area (Å²) >= 11 is 3.03. The topological polar surface area (TPSA) is 96.2 Å². The second-order valence-electron chi connectivity index (χ2n) is 4.25. The summed E-state index contributed by atoms with van der Waals surface area (Å²) in [7, 11) is 0. The van der Waals surface area contributed by atoms with Crippen molar-refractivity contribution in [3.63, 3.8) is 0 Å². The van der Waals surface area contributed by atoms with Crippen LogP contribution in [0.4, 0.5) is 4.39 Å². The zero-order valence-electron chi connectivity index (χ0n) is 12.0. The molecule has 0 amide bonds. The van der Waals surface area contributed by atoms with E-state index in [-0.39, 0.29) is 34.6 Å². The third-order valence-corrected chi connectivity index (χ3v) is 2.46. The molecular formula is C12H15ClFN2NaO3S. The van der Waals surface area contributed by atoms with Crippen LogP contribution in [0.25, 0.3) is 0 Å². The first-order valence-corrected chi connectivity index (χ1v) is 7.05. The Morgan fingerprint density at radius 3 is 2.48 bits per heavy atom. The van der Waals surface area contributed by atoms with Crippen molar-refractivity contribution in [1.29, 1.82) is 5.26 Å². The van der Waals surface area contributed by atoms with Gasteiger partial charge in [0.15, 0.2) is 0 Å². The van der Waals surface area contributed by atoms with Gasteiger partial charge in [0.05, 0.1) is 17.4 Å². The maximum Gasteiger partial charge on any atom is 1.00 e. The summed E-state index contributed by atoms with van der Waals surface area (Å²) in [5.74, 6) is 0.0457. The summed E-state index contributed by atoms with van der Waals surface area (Å²) in [6, 6.07) is 5.69. The Balaban J connectivity index is 0. The molecule has 0 spiro atoms. The van der Waals surface area contributed by atoms with Crippen LogP contribution in [0, 0.1) is 23.1 Å². The first-order valence-electron chi connectivity index (χ1n) is 5.64. The number of nitrogens with zero attached hydrogens (tertiary/aromatic N) is 1. The van der Waals surface area contributed by atoms with Crippen LogP contribution in [0.5, 0.6) is 0 Å². The van der Waals surface area contributed by atoms with Crippen LogP contribution in [0.1, 0.15) is 25.5 Å². The zero-order valence-corrected chi connectivity index (χ0v) is 15.5. The fraction of sp³-hybridized carbons (Fsp3) is 0.417. The maximum absolute atomic E-state index is 12.8. The standard InChI is InChI=1S/C12H14ClFN2.Na.H2O3S/c1-8(2)7-16-12(6-15)10-4-3-9(14)5-11(10)13;;1-4(2)3/h3-5,8,12,16H,7H2,1-2H3;;(H2,1,2,3)/q;+1;/p-1. The SMILES string of the molecule is CC(C)CNC(C#N)c1ccc(F)cc1Cl.O=S([O-])O.[Na+]. The molecule has 0 radical (unpaired) electrons. The molecule has 9 heteroatoms. The fourth-order valence-corrected chi connectivity index (χ4v) is 1.59. The second kappa shape index (κ2) is 12.5. The Labute approximate surface area is 153 Å². The van der Waals surface area contributed by atoms with Crippen LogP contribution in [-0.4, -0.2) is 19.9 Å². The third-order valence-electron chi connectivity index (χ3n) is 2.13. The van der Waals surface area contributed by atoms with Crippen molar-refractivity contribution in [2.75, 3.05) is 6.54 Å². The number of hydrogen-bond donors (Lipinski definition) is 2. The van der Waals surface area contributed by atoms with Crippen molar-refractivity contribution in [3.05, 3.63) is 34.6 Å². The number of rotatable bonds is 4. The number of nitrogens with one attached hydrogen (secondary N) is 1. The molecule has 112 valence electrons. The Morgan fingerprint density at radius 2 is 2.10 bits per heavy atom. The first kappa shape index (κ1) is 23.2. The molecule has 2 N–H and O–H groups in total. The number of benzene rings is 1. The normalized spacial score (nSPS) is 12.5. The maximum atomic E-state index is 12.8. The van der Waals surface area contributed by atoms with E-state index in [9.17, 15) is 4.39 Å². The van der Waals surface area contributed by atoms with E-state index in [0.29, 0.717) is 18.0 Å². The van der Waals surface area contributed by atoms with E-state index in [4.69, 9.17) is 30.2 Å². The molecule has 0 aromatic heterocycles. The summed E-state index contributed by atoms with van der Waals surface area (Å²) in [6.07, 6.45) is 0. The molecule has 1 aromatic carbocycles. The molecule has 2 atom stereocenters. The van der Waals surface area contributed by atoms with Crippen molar-refractivity contribution in [3.8, 4) is 6.07 Å². The molecule has 2 unspecified atom stereocenters. The molecule has 0 aliphatic heterocycles. The summed E-state index contributed by atoms with van der Waals surface area (Å²) in [5.41, 5.74) is 0.617. The average Bonchev–Trinajstić information content (AvgIpc) is 2.31. The van der Waals surface area contributed by atoms with E-state index in [1.165, 1.54) is 12.1 Å². The van der Waals surface area contributed by atoms with Crippen LogP contribution in [0.3, 0.4) is 0 Å². The van der Waals surface area contributed by atoms with Crippen molar-refractivity contribution >= 4 is 23.0 Å². The van der Waals surface area contributed by atoms with Crippen molar-refractivity contribution < 1.29 is 47.3 Å². The van der Waals surface area contributed by atoms with Crippen molar-refractivity contribution in [2.24, 2.45) is 5.92 Å². The van der Waals surface area contributed by atoms with E-state index >= 15 is 0 Å². The largest absolute Gasteiger partial charge is 1.00 e. The zero-order chi connectivity index (χ0) is 15.7. The Hall–Kier alpha value is -0.0400. The minimum Gasteiger partial charge on any atom is -0.750 e. The Bertz CT molecular complexity index is 496. The monoisotopic (exact) mass is 344 g/mol. The van der Waals surface area contributed by atoms with E-state index < -0.39 is 23.2 Å². The molecule has 21 heavy (non-hydrogen) atoms. The van der Waals surface area contributed by atoms with Gasteiger partial charge in [-0.15, -0.1) is 0 Å². The van der Waals surface area contributed by atoms with E-state index in [1.54, 1.807) is 6.07 Å². The predicted molar refractivity (Wildman–Crippen MR) is 74.2 cm³/mol. The van der Waals surface area contributed by atoms with E-state index in [2.05, 4.69) is 11.4 Å². The molecule has 0 aliphatic rings. The molecule has 0 aliphatic carbocycles. The van der Waals surface area contributed by atoms with E-state index in [0.717, 1.165) is 0 Å². The second-order valence-corrected chi connectivity index (χ2v) is 5.09. The summed E-state index contributed by atoms with van der Waals surface area (Å²) in [6.45, 7) is 4.81. The fourth-order valence-electron chi connectivity index (χ4n) is 1.31. The minimum absolute atomic E-state index is 0. The number of halogens is 2. The van der Waals surface area contributed by atoms with Gasteiger partial charge in [-0.2, -0.15) is 5.26 Å². The van der Waals surface area contributed by atoms with Crippen molar-refractivity contribution in [1.82, 2.24) is 5.32 Å². The molecule has 1 aromatic rings. The minimum atomic E-state index is -2.86. The number of hydrogen-bond acceptors (Lipinski definition) is 4. The number of nitriles is 1. The van der Waals surface area contributed by atoms with Gasteiger partial charge in [-0.3, -0.25) is 5.32 Å². The van der Waals surface area contributed by atoms with E-state index in [1.807, 2.05) is 13.8 Å². The van der Waals surface area contributed by atoms with Gasteiger partial charge in [0, 0.05) is 10.6 Å². The van der Waals surface area contributed by atoms with Crippen molar-refractivity contribution in [2.45, 2.75) is 19.9 Å². The van der Waals surface area contributed by atoms with Crippen LogP contribution < -0.4 is 34.9 Å². The van der Waals surface area contributed by atoms with Gasteiger partial charge in [0.1, 0.15) is 11.9 Å². The molecule has 0 fully saturated rings.